The molecular formula is C16H19NO3. The highest BCUT2D eigenvalue weighted by Gasteiger charge is 2.55. The van der Waals surface area contributed by atoms with Gasteiger partial charge in [0.2, 0.25) is 0 Å². The fourth-order valence-corrected chi connectivity index (χ4v) is 3.75. The van der Waals surface area contributed by atoms with Gasteiger partial charge in [0.05, 0.1) is 5.41 Å². The van der Waals surface area contributed by atoms with Crippen LogP contribution in [0.15, 0.2) is 24.3 Å². The molecule has 4 nitrogen and oxygen atoms in total. The van der Waals surface area contributed by atoms with E-state index in [1.165, 1.54) is 0 Å². The number of carboxylic acid groups (broad SMARTS) is 1. The van der Waals surface area contributed by atoms with Crippen LogP contribution in [0.5, 0.6) is 0 Å². The highest BCUT2D eigenvalue weighted by Crippen LogP contribution is 2.49. The molecule has 1 aliphatic heterocycles. The molecule has 3 rings (SSSR count). The van der Waals surface area contributed by atoms with Crippen molar-refractivity contribution in [2.75, 3.05) is 13.1 Å². The molecule has 0 unspecified atom stereocenters. The van der Waals surface area contributed by atoms with Crippen LogP contribution >= 0.6 is 0 Å². The summed E-state index contributed by atoms with van der Waals surface area (Å²) in [5.41, 5.74) is 1.01. The summed E-state index contributed by atoms with van der Waals surface area (Å²) in [6.07, 6.45) is 2.58. The predicted molar refractivity (Wildman–Crippen MR) is 74.5 cm³/mol. The van der Waals surface area contributed by atoms with Crippen molar-refractivity contribution in [3.05, 3.63) is 35.4 Å². The van der Waals surface area contributed by atoms with Gasteiger partial charge in [-0.25, -0.2) is 0 Å². The molecule has 20 heavy (non-hydrogen) atoms. The molecule has 2 fully saturated rings. The fraction of sp³-hybridized carbons (Fsp3) is 0.500. The normalized spacial score (nSPS) is 28.4. The SMILES string of the molecule is Cc1cccc(C(=O)N2C[C@@H]3CCC[C@@]3(C(=O)O)C2)c1. The molecule has 1 aromatic carbocycles. The van der Waals surface area contributed by atoms with Gasteiger partial charge in [0, 0.05) is 18.7 Å². The average molecular weight is 273 g/mol. The first kappa shape index (κ1) is 13.2. The van der Waals surface area contributed by atoms with Gasteiger partial charge in [-0.15, -0.1) is 0 Å². The smallest absolute Gasteiger partial charge is 0.311 e. The minimum absolute atomic E-state index is 0.0382. The van der Waals surface area contributed by atoms with Crippen molar-refractivity contribution in [3.63, 3.8) is 0 Å². The first-order chi connectivity index (χ1) is 9.53. The second kappa shape index (κ2) is 4.62. The Bertz CT molecular complexity index is 569. The van der Waals surface area contributed by atoms with Crippen LogP contribution in [-0.2, 0) is 4.79 Å². The molecule has 1 aliphatic carbocycles. The fourth-order valence-electron chi connectivity index (χ4n) is 3.75. The number of amides is 1. The molecule has 1 N–H and O–H groups in total. The largest absolute Gasteiger partial charge is 0.481 e. The van der Waals surface area contributed by atoms with Crippen LogP contribution in [0.4, 0.5) is 0 Å². The molecule has 1 amide bonds. The van der Waals surface area contributed by atoms with Crippen LogP contribution in [0.3, 0.4) is 0 Å². The second-order valence-electron chi connectivity index (χ2n) is 6.11. The Morgan fingerprint density at radius 3 is 2.85 bits per heavy atom. The summed E-state index contributed by atoms with van der Waals surface area (Å²) in [6.45, 7) is 2.90. The van der Waals surface area contributed by atoms with Crippen LogP contribution < -0.4 is 0 Å². The first-order valence-electron chi connectivity index (χ1n) is 7.12. The van der Waals surface area contributed by atoms with Crippen molar-refractivity contribution in [2.45, 2.75) is 26.2 Å². The molecule has 4 heteroatoms. The Hall–Kier alpha value is -1.84. The van der Waals surface area contributed by atoms with Gasteiger partial charge >= 0.3 is 5.97 Å². The molecule has 0 spiro atoms. The van der Waals surface area contributed by atoms with Gasteiger partial charge in [-0.2, -0.15) is 0 Å². The van der Waals surface area contributed by atoms with E-state index >= 15 is 0 Å². The van der Waals surface area contributed by atoms with E-state index in [1.807, 2.05) is 25.1 Å². The van der Waals surface area contributed by atoms with E-state index in [0.717, 1.165) is 18.4 Å². The Morgan fingerprint density at radius 2 is 2.20 bits per heavy atom. The number of aryl methyl sites for hydroxylation is 1. The van der Waals surface area contributed by atoms with Crippen molar-refractivity contribution in [1.29, 1.82) is 0 Å². The van der Waals surface area contributed by atoms with Gasteiger partial charge in [-0.3, -0.25) is 9.59 Å². The predicted octanol–water partition coefficient (Wildman–Crippen LogP) is 2.32. The zero-order valence-electron chi connectivity index (χ0n) is 11.6. The molecule has 1 saturated carbocycles. The standard InChI is InChI=1S/C16H19NO3/c1-11-4-2-5-12(8-11)14(18)17-9-13-6-3-7-16(13,10-17)15(19)20/h2,4-5,8,13H,3,6-7,9-10H2,1H3,(H,19,20)/t13-,16+/m0/s1. The number of carbonyl (C=O) groups excluding carboxylic acids is 1. The quantitative estimate of drug-likeness (QED) is 0.899. The van der Waals surface area contributed by atoms with E-state index in [1.54, 1.807) is 11.0 Å². The third kappa shape index (κ3) is 1.90. The van der Waals surface area contributed by atoms with Crippen molar-refractivity contribution in [2.24, 2.45) is 11.3 Å². The minimum atomic E-state index is -0.737. The molecule has 1 heterocycles. The van der Waals surface area contributed by atoms with Crippen molar-refractivity contribution in [1.82, 2.24) is 4.90 Å². The maximum Gasteiger partial charge on any atom is 0.311 e. The van der Waals surface area contributed by atoms with Gasteiger partial charge < -0.3 is 10.0 Å². The summed E-state index contributed by atoms with van der Waals surface area (Å²) in [5, 5.41) is 9.55. The number of fused-ring (bicyclic) bond motifs is 1. The minimum Gasteiger partial charge on any atom is -0.481 e. The summed E-state index contributed by atoms with van der Waals surface area (Å²) < 4.78 is 0. The van der Waals surface area contributed by atoms with Crippen molar-refractivity contribution >= 4 is 11.9 Å². The zero-order valence-corrected chi connectivity index (χ0v) is 11.6. The van der Waals surface area contributed by atoms with E-state index in [0.29, 0.717) is 25.1 Å². The lowest BCUT2D eigenvalue weighted by Gasteiger charge is -2.23. The molecule has 1 aromatic rings. The van der Waals surface area contributed by atoms with Crippen LogP contribution in [0, 0.1) is 18.3 Å². The maximum absolute atomic E-state index is 12.5. The number of benzene rings is 1. The summed E-state index contributed by atoms with van der Waals surface area (Å²) >= 11 is 0. The first-order valence-corrected chi connectivity index (χ1v) is 7.12. The van der Waals surface area contributed by atoms with Crippen molar-refractivity contribution in [3.8, 4) is 0 Å². The molecule has 0 aromatic heterocycles. The van der Waals surface area contributed by atoms with E-state index in [-0.39, 0.29) is 11.8 Å². The molecule has 0 radical (unpaired) electrons. The van der Waals surface area contributed by atoms with Crippen LogP contribution in [0.2, 0.25) is 0 Å². The van der Waals surface area contributed by atoms with Crippen LogP contribution in [0.1, 0.15) is 35.2 Å². The van der Waals surface area contributed by atoms with E-state index < -0.39 is 11.4 Å². The summed E-state index contributed by atoms with van der Waals surface area (Å²) in [5.74, 6) is -0.656. The van der Waals surface area contributed by atoms with E-state index in [2.05, 4.69) is 0 Å². The molecule has 1 saturated heterocycles. The number of rotatable bonds is 2. The molecule has 2 aliphatic rings. The number of hydrogen-bond donors (Lipinski definition) is 1. The summed E-state index contributed by atoms with van der Waals surface area (Å²) in [4.78, 5) is 25.9. The van der Waals surface area contributed by atoms with Gasteiger partial charge in [-0.1, -0.05) is 24.1 Å². The van der Waals surface area contributed by atoms with Crippen LogP contribution in [0.25, 0.3) is 0 Å². The number of carboxylic acids is 1. The number of likely N-dealkylation sites (tertiary alicyclic amines) is 1. The third-order valence-electron chi connectivity index (χ3n) is 4.85. The summed E-state index contributed by atoms with van der Waals surface area (Å²) in [7, 11) is 0. The lowest BCUT2D eigenvalue weighted by Crippen LogP contribution is -2.37. The second-order valence-corrected chi connectivity index (χ2v) is 6.11. The van der Waals surface area contributed by atoms with Crippen LogP contribution in [-0.4, -0.2) is 35.0 Å². The third-order valence-corrected chi connectivity index (χ3v) is 4.85. The Morgan fingerprint density at radius 1 is 1.40 bits per heavy atom. The maximum atomic E-state index is 12.5. The molecule has 0 bridgehead atoms. The number of nitrogens with zero attached hydrogens (tertiary/aromatic N) is 1. The summed E-state index contributed by atoms with van der Waals surface area (Å²) in [6, 6.07) is 7.49. The van der Waals surface area contributed by atoms with Crippen molar-refractivity contribution < 1.29 is 14.7 Å². The van der Waals surface area contributed by atoms with Gasteiger partial charge in [0.25, 0.3) is 5.91 Å². The highest BCUT2D eigenvalue weighted by atomic mass is 16.4. The molecule has 106 valence electrons. The molecule has 2 atom stereocenters. The average Bonchev–Trinajstić information content (AvgIpc) is 2.95. The Labute approximate surface area is 118 Å². The molecular weight excluding hydrogens is 254 g/mol. The van der Waals surface area contributed by atoms with Gasteiger partial charge in [0.1, 0.15) is 0 Å². The number of hydrogen-bond acceptors (Lipinski definition) is 2. The lowest BCUT2D eigenvalue weighted by atomic mass is 9.81. The van der Waals surface area contributed by atoms with Gasteiger partial charge in [0.15, 0.2) is 0 Å². The van der Waals surface area contributed by atoms with Gasteiger partial charge in [-0.05, 0) is 37.8 Å². The highest BCUT2D eigenvalue weighted by molar-refractivity contribution is 5.95. The Kier molecular flexibility index (Phi) is 3.04. The van der Waals surface area contributed by atoms with E-state index in [9.17, 15) is 14.7 Å². The monoisotopic (exact) mass is 273 g/mol. The topological polar surface area (TPSA) is 57.6 Å². The lowest BCUT2D eigenvalue weighted by molar-refractivity contribution is -0.149. The van der Waals surface area contributed by atoms with E-state index in [4.69, 9.17) is 0 Å². The number of aliphatic carboxylic acids is 1. The number of carbonyl (C=O) groups is 2. The zero-order chi connectivity index (χ0) is 14.3. The Balaban J connectivity index is 1.84.